The molecule has 1 aromatic rings. The van der Waals surface area contributed by atoms with Gasteiger partial charge in [0.15, 0.2) is 22.8 Å². The van der Waals surface area contributed by atoms with Crippen LogP contribution < -0.4 is 9.47 Å². The van der Waals surface area contributed by atoms with Crippen molar-refractivity contribution in [3.05, 3.63) is 69.4 Å². The molecule has 8 heteroatoms. The molecule has 4 bridgehead atoms. The largest absolute Gasteiger partial charge is 0.506 e. The second kappa shape index (κ2) is 11.3. The van der Waals surface area contributed by atoms with Crippen molar-refractivity contribution in [2.45, 2.75) is 110 Å². The second-order valence-corrected chi connectivity index (χ2v) is 15.7. The molecule has 3 aliphatic carbocycles. The third-order valence-corrected chi connectivity index (χ3v) is 10.9. The summed E-state index contributed by atoms with van der Waals surface area (Å²) in [6, 6.07) is 0. The van der Waals surface area contributed by atoms with E-state index < -0.39 is 28.3 Å². The van der Waals surface area contributed by atoms with Crippen LogP contribution in [-0.2, 0) is 20.7 Å². The van der Waals surface area contributed by atoms with Crippen LogP contribution in [-0.4, -0.2) is 64.0 Å². The standard InChI is InChI=1S/C40H49NO7/c1-22(2)12-11-17-38(8)18-16-26-31(42)30-32(43)28-20-25-21-29-37(6,7)48-39(35(25)44,19-15-24(5)36(45)41(9)10)40(28,29)47-34(30)27(33(26)46-38)14-13-23(3)4/h12-13,15-16,18,20,25,29,42H,11,14,17,19,21H2,1-10H3/b24-15-/t25-,29+,38-,39?,40-/m1/s1. The number of ether oxygens (including phenoxy) is 3. The summed E-state index contributed by atoms with van der Waals surface area (Å²) in [5.74, 6) is -1.04. The molecule has 1 amide bonds. The number of hydrogen-bond acceptors (Lipinski definition) is 7. The summed E-state index contributed by atoms with van der Waals surface area (Å²) < 4.78 is 20.9. The van der Waals surface area contributed by atoms with E-state index in [1.165, 1.54) is 10.5 Å². The number of likely N-dealkylation sites (N-methyl/N-ethyl adjacent to an activating group) is 1. The number of phenols is 1. The number of ketones is 2. The number of aromatic hydroxyl groups is 1. The van der Waals surface area contributed by atoms with Crippen LogP contribution in [0, 0.1) is 11.8 Å². The highest BCUT2D eigenvalue weighted by molar-refractivity contribution is 6.19. The first-order valence-corrected chi connectivity index (χ1v) is 17.0. The molecule has 1 N–H and O–H groups in total. The maximum atomic E-state index is 14.8. The summed E-state index contributed by atoms with van der Waals surface area (Å²) in [7, 11) is 3.36. The van der Waals surface area contributed by atoms with Gasteiger partial charge in [-0.15, -0.1) is 0 Å². The molecule has 5 atom stereocenters. The Bertz CT molecular complexity index is 1780. The summed E-state index contributed by atoms with van der Waals surface area (Å²) in [5.41, 5.74) is -0.172. The van der Waals surface area contributed by atoms with Gasteiger partial charge in [0.25, 0.3) is 0 Å². The molecule has 48 heavy (non-hydrogen) atoms. The molecule has 1 spiro atoms. The topological polar surface area (TPSA) is 102 Å². The van der Waals surface area contributed by atoms with Crippen LogP contribution in [0.2, 0.25) is 0 Å². The summed E-state index contributed by atoms with van der Waals surface area (Å²) in [4.78, 5) is 43.7. The predicted octanol–water partition coefficient (Wildman–Crippen LogP) is 7.24. The number of carbonyl (C=O) groups is 3. The van der Waals surface area contributed by atoms with Crippen LogP contribution in [0.4, 0.5) is 0 Å². The maximum Gasteiger partial charge on any atom is 0.248 e. The first kappa shape index (κ1) is 34.0. The number of phenolic OH excluding ortho intramolecular Hbond substituents is 1. The summed E-state index contributed by atoms with van der Waals surface area (Å²) in [5, 5.41) is 11.9. The van der Waals surface area contributed by atoms with Gasteiger partial charge in [-0.05, 0) is 93.2 Å². The number of fused-ring (bicyclic) bond motifs is 2. The van der Waals surface area contributed by atoms with Crippen molar-refractivity contribution in [2.24, 2.45) is 11.8 Å². The third-order valence-electron chi connectivity index (χ3n) is 10.9. The minimum atomic E-state index is -1.55. The molecule has 2 fully saturated rings. The molecule has 8 nitrogen and oxygen atoms in total. The zero-order chi connectivity index (χ0) is 35.1. The SMILES string of the molecule is CC(C)=CCC[C@]1(C)C=Cc2c(O)c3c(c(CC=C(C)C)c2O1)O[C@]12C(=C[C@@H]4C[C@H]1C(C)(C)OC2(C/C=C(/C)C(=O)N(C)C)C4=O)C3=O. The van der Waals surface area contributed by atoms with E-state index in [9.17, 15) is 19.5 Å². The van der Waals surface area contributed by atoms with Crippen molar-refractivity contribution < 1.29 is 33.7 Å². The first-order valence-electron chi connectivity index (χ1n) is 17.0. The van der Waals surface area contributed by atoms with Gasteiger partial charge in [0.05, 0.1) is 11.2 Å². The van der Waals surface area contributed by atoms with Gasteiger partial charge in [-0.25, -0.2) is 0 Å². The Morgan fingerprint density at radius 2 is 1.69 bits per heavy atom. The Labute approximate surface area is 284 Å². The van der Waals surface area contributed by atoms with E-state index in [2.05, 4.69) is 26.0 Å². The number of amides is 1. The van der Waals surface area contributed by atoms with E-state index in [0.717, 1.165) is 12.0 Å². The van der Waals surface area contributed by atoms with Crippen molar-refractivity contribution in [1.29, 1.82) is 0 Å². The number of Topliss-reactive ketones (excluding diaryl/α,β-unsaturated/α-hetero) is 2. The van der Waals surface area contributed by atoms with Crippen molar-refractivity contribution in [3.63, 3.8) is 0 Å². The minimum Gasteiger partial charge on any atom is -0.506 e. The highest BCUT2D eigenvalue weighted by atomic mass is 16.6. The number of carbonyl (C=O) groups excluding carboxylic acids is 3. The number of allylic oxidation sites excluding steroid dienone is 5. The van der Waals surface area contributed by atoms with E-state index in [-0.39, 0.29) is 46.9 Å². The van der Waals surface area contributed by atoms with Gasteiger partial charge in [0, 0.05) is 49.1 Å². The van der Waals surface area contributed by atoms with E-state index in [4.69, 9.17) is 14.2 Å². The van der Waals surface area contributed by atoms with Crippen LogP contribution in [0.5, 0.6) is 17.2 Å². The lowest BCUT2D eigenvalue weighted by atomic mass is 9.51. The number of nitrogens with zero attached hydrogens (tertiary/aromatic N) is 1. The van der Waals surface area contributed by atoms with E-state index in [0.29, 0.717) is 47.3 Å². The lowest BCUT2D eigenvalue weighted by Gasteiger charge is -2.56. The van der Waals surface area contributed by atoms with Crippen LogP contribution in [0.25, 0.3) is 6.08 Å². The molecule has 1 aromatic carbocycles. The van der Waals surface area contributed by atoms with E-state index in [1.807, 2.05) is 46.8 Å². The van der Waals surface area contributed by atoms with Crippen molar-refractivity contribution in [2.75, 3.05) is 14.1 Å². The molecule has 1 saturated heterocycles. The van der Waals surface area contributed by atoms with Crippen molar-refractivity contribution in [3.8, 4) is 17.2 Å². The van der Waals surface area contributed by atoms with Gasteiger partial charge in [0.2, 0.25) is 5.91 Å². The van der Waals surface area contributed by atoms with E-state index in [1.54, 1.807) is 33.2 Å². The molecular weight excluding hydrogens is 606 g/mol. The minimum absolute atomic E-state index is 0.0650. The number of rotatable bonds is 8. The zero-order valence-electron chi connectivity index (χ0n) is 30.0. The lowest BCUT2D eigenvalue weighted by molar-refractivity contribution is -0.171. The molecule has 3 aliphatic heterocycles. The average Bonchev–Trinajstić information content (AvgIpc) is 3.15. The van der Waals surface area contributed by atoms with Crippen LogP contribution in [0.3, 0.4) is 0 Å². The average molecular weight is 656 g/mol. The Kier molecular flexibility index (Phi) is 8.02. The third kappa shape index (κ3) is 4.85. The summed E-state index contributed by atoms with van der Waals surface area (Å²) >= 11 is 0. The summed E-state index contributed by atoms with van der Waals surface area (Å²) in [6.45, 7) is 15.8. The fourth-order valence-electron chi connectivity index (χ4n) is 8.52. The molecule has 256 valence electrons. The molecule has 0 aromatic heterocycles. The van der Waals surface area contributed by atoms with Gasteiger partial charge < -0.3 is 24.2 Å². The number of benzene rings is 1. The van der Waals surface area contributed by atoms with E-state index >= 15 is 0 Å². The van der Waals surface area contributed by atoms with Gasteiger partial charge in [-0.1, -0.05) is 35.5 Å². The van der Waals surface area contributed by atoms with Gasteiger partial charge >= 0.3 is 0 Å². The Morgan fingerprint density at radius 1 is 1.00 bits per heavy atom. The lowest BCUT2D eigenvalue weighted by Crippen LogP contribution is -2.72. The smallest absolute Gasteiger partial charge is 0.248 e. The van der Waals surface area contributed by atoms with Gasteiger partial charge in [-0.2, -0.15) is 0 Å². The monoisotopic (exact) mass is 655 g/mol. The molecule has 0 radical (unpaired) electrons. The van der Waals surface area contributed by atoms with Crippen LogP contribution >= 0.6 is 0 Å². The molecule has 3 heterocycles. The predicted molar refractivity (Wildman–Crippen MR) is 185 cm³/mol. The fourth-order valence-corrected chi connectivity index (χ4v) is 8.52. The first-order chi connectivity index (χ1) is 22.4. The maximum absolute atomic E-state index is 14.8. The van der Waals surface area contributed by atoms with Crippen LogP contribution in [0.1, 0.15) is 103 Å². The zero-order valence-corrected chi connectivity index (χ0v) is 30.0. The molecule has 1 unspecified atom stereocenters. The quantitative estimate of drug-likeness (QED) is 0.233. The Balaban J connectivity index is 1.57. The Hall–Kier alpha value is -3.91. The Morgan fingerprint density at radius 3 is 2.33 bits per heavy atom. The highest BCUT2D eigenvalue weighted by Gasteiger charge is 2.81. The normalized spacial score (nSPS) is 30.4. The fraction of sp³-hybridized carbons (Fsp3) is 0.525. The van der Waals surface area contributed by atoms with Gasteiger partial charge in [0.1, 0.15) is 28.4 Å². The van der Waals surface area contributed by atoms with Crippen molar-refractivity contribution in [1.82, 2.24) is 4.90 Å². The second-order valence-electron chi connectivity index (χ2n) is 15.7. The molecular formula is C40H49NO7. The molecule has 6 aliphatic rings. The van der Waals surface area contributed by atoms with Crippen LogP contribution in [0.15, 0.2) is 52.7 Å². The number of hydrogen-bond donors (Lipinski definition) is 1. The van der Waals surface area contributed by atoms with Crippen molar-refractivity contribution >= 4 is 23.5 Å². The molecule has 7 rings (SSSR count). The highest BCUT2D eigenvalue weighted by Crippen LogP contribution is 2.68. The molecule has 1 saturated carbocycles. The summed E-state index contributed by atoms with van der Waals surface area (Å²) in [6.07, 6.45) is 14.0. The van der Waals surface area contributed by atoms with Gasteiger partial charge in [-0.3, -0.25) is 14.4 Å².